The summed E-state index contributed by atoms with van der Waals surface area (Å²) >= 11 is 0. The van der Waals surface area contributed by atoms with Crippen molar-refractivity contribution in [2.45, 2.75) is 38.1 Å². The molecule has 1 heterocycles. The maximum absolute atomic E-state index is 12.1. The summed E-state index contributed by atoms with van der Waals surface area (Å²) in [6.07, 6.45) is 7.21. The van der Waals surface area contributed by atoms with Crippen LogP contribution in [0.1, 0.15) is 42.6 Å². The van der Waals surface area contributed by atoms with Crippen molar-refractivity contribution >= 4 is 17.6 Å². The SMILES string of the molecule is CNC(=O)c1cc(Oc2ccc(NC(=O)NC3CCCCC3)cc2)ccn1. The van der Waals surface area contributed by atoms with Crippen LogP contribution in [0.25, 0.3) is 0 Å². The summed E-state index contributed by atoms with van der Waals surface area (Å²) in [6.45, 7) is 0. The van der Waals surface area contributed by atoms with Crippen LogP contribution in [-0.2, 0) is 0 Å². The minimum Gasteiger partial charge on any atom is -0.457 e. The van der Waals surface area contributed by atoms with Crippen LogP contribution < -0.4 is 20.7 Å². The zero-order chi connectivity index (χ0) is 19.1. The first-order valence-electron chi connectivity index (χ1n) is 9.17. The largest absolute Gasteiger partial charge is 0.457 e. The Morgan fingerprint density at radius 1 is 1.04 bits per heavy atom. The third kappa shape index (κ3) is 5.44. The lowest BCUT2D eigenvalue weighted by atomic mass is 9.96. The van der Waals surface area contributed by atoms with Crippen LogP contribution in [0, 0.1) is 0 Å². The van der Waals surface area contributed by atoms with Crippen molar-refractivity contribution in [1.82, 2.24) is 15.6 Å². The first-order chi connectivity index (χ1) is 13.1. The number of amides is 3. The van der Waals surface area contributed by atoms with Crippen molar-refractivity contribution in [3.8, 4) is 11.5 Å². The van der Waals surface area contributed by atoms with Gasteiger partial charge in [-0.25, -0.2) is 4.79 Å². The van der Waals surface area contributed by atoms with Gasteiger partial charge in [-0.05, 0) is 43.2 Å². The lowest BCUT2D eigenvalue weighted by Crippen LogP contribution is -2.38. The van der Waals surface area contributed by atoms with Crippen molar-refractivity contribution in [2.75, 3.05) is 12.4 Å². The number of rotatable bonds is 5. The normalized spacial score (nSPS) is 14.3. The van der Waals surface area contributed by atoms with Crippen LogP contribution in [0.5, 0.6) is 11.5 Å². The van der Waals surface area contributed by atoms with E-state index in [1.807, 2.05) is 0 Å². The number of nitrogens with one attached hydrogen (secondary N) is 3. The molecular formula is C20H24N4O3. The third-order valence-corrected chi connectivity index (χ3v) is 4.48. The monoisotopic (exact) mass is 368 g/mol. The Morgan fingerprint density at radius 3 is 2.48 bits per heavy atom. The molecule has 142 valence electrons. The molecule has 1 saturated carbocycles. The summed E-state index contributed by atoms with van der Waals surface area (Å²) < 4.78 is 5.75. The molecule has 3 amide bonds. The Morgan fingerprint density at radius 2 is 1.78 bits per heavy atom. The Kier molecular flexibility index (Phi) is 6.25. The lowest BCUT2D eigenvalue weighted by Gasteiger charge is -2.22. The molecule has 0 radical (unpaired) electrons. The Hall–Kier alpha value is -3.09. The van der Waals surface area contributed by atoms with E-state index in [9.17, 15) is 9.59 Å². The van der Waals surface area contributed by atoms with Gasteiger partial charge in [-0.3, -0.25) is 9.78 Å². The van der Waals surface area contributed by atoms with Crippen molar-refractivity contribution in [1.29, 1.82) is 0 Å². The van der Waals surface area contributed by atoms with Gasteiger partial charge in [0.15, 0.2) is 0 Å². The van der Waals surface area contributed by atoms with Crippen LogP contribution in [-0.4, -0.2) is 30.0 Å². The molecule has 0 atom stereocenters. The van der Waals surface area contributed by atoms with E-state index < -0.39 is 0 Å². The second kappa shape index (κ2) is 9.02. The standard InChI is InChI=1S/C20H24N4O3/c1-21-19(25)18-13-17(11-12-22-18)27-16-9-7-15(8-10-16)24-20(26)23-14-5-3-2-4-6-14/h7-14H,2-6H2,1H3,(H,21,25)(H2,23,24,26). The van der Waals surface area contributed by atoms with Gasteiger partial charge in [0, 0.05) is 31.0 Å². The topological polar surface area (TPSA) is 92.4 Å². The van der Waals surface area contributed by atoms with Gasteiger partial charge < -0.3 is 20.7 Å². The summed E-state index contributed by atoms with van der Waals surface area (Å²) in [4.78, 5) is 27.7. The molecule has 0 unspecified atom stereocenters. The maximum atomic E-state index is 12.1. The Labute approximate surface area is 158 Å². The van der Waals surface area contributed by atoms with Crippen LogP contribution in [0.15, 0.2) is 42.6 Å². The number of aromatic nitrogens is 1. The number of pyridine rings is 1. The van der Waals surface area contributed by atoms with Crippen molar-refractivity contribution in [2.24, 2.45) is 0 Å². The highest BCUT2D eigenvalue weighted by molar-refractivity contribution is 5.92. The fourth-order valence-corrected chi connectivity index (χ4v) is 3.07. The van der Waals surface area contributed by atoms with Gasteiger partial charge in [-0.1, -0.05) is 19.3 Å². The summed E-state index contributed by atoms with van der Waals surface area (Å²) in [5, 5.41) is 8.39. The van der Waals surface area contributed by atoms with E-state index in [1.54, 1.807) is 43.4 Å². The van der Waals surface area contributed by atoms with E-state index in [-0.39, 0.29) is 23.7 Å². The highest BCUT2D eigenvalue weighted by atomic mass is 16.5. The molecule has 0 spiro atoms. The van der Waals surface area contributed by atoms with Crippen LogP contribution >= 0.6 is 0 Å². The smallest absolute Gasteiger partial charge is 0.319 e. The molecule has 1 aliphatic carbocycles. The molecule has 0 saturated heterocycles. The van der Waals surface area contributed by atoms with Gasteiger partial charge in [0.25, 0.3) is 5.91 Å². The zero-order valence-electron chi connectivity index (χ0n) is 15.3. The van der Waals surface area contributed by atoms with E-state index in [0.29, 0.717) is 17.2 Å². The first kappa shape index (κ1) is 18.7. The number of hydrogen-bond acceptors (Lipinski definition) is 4. The fraction of sp³-hybridized carbons (Fsp3) is 0.350. The Balaban J connectivity index is 1.55. The fourth-order valence-electron chi connectivity index (χ4n) is 3.07. The van der Waals surface area contributed by atoms with E-state index >= 15 is 0 Å². The number of ether oxygens (including phenoxy) is 1. The minimum atomic E-state index is -0.274. The Bertz CT molecular complexity index is 786. The molecule has 1 aromatic heterocycles. The molecule has 1 fully saturated rings. The highest BCUT2D eigenvalue weighted by Gasteiger charge is 2.15. The number of anilines is 1. The molecule has 27 heavy (non-hydrogen) atoms. The average molecular weight is 368 g/mol. The van der Waals surface area contributed by atoms with Crippen molar-refractivity contribution < 1.29 is 14.3 Å². The van der Waals surface area contributed by atoms with Crippen molar-refractivity contribution in [3.63, 3.8) is 0 Å². The van der Waals surface area contributed by atoms with Gasteiger partial charge in [-0.2, -0.15) is 0 Å². The zero-order valence-corrected chi connectivity index (χ0v) is 15.3. The van der Waals surface area contributed by atoms with Crippen LogP contribution in [0.4, 0.5) is 10.5 Å². The van der Waals surface area contributed by atoms with Crippen LogP contribution in [0.2, 0.25) is 0 Å². The molecule has 3 N–H and O–H groups in total. The molecule has 1 aromatic carbocycles. The van der Waals surface area contributed by atoms with Gasteiger partial charge in [0.1, 0.15) is 17.2 Å². The number of nitrogens with zero attached hydrogens (tertiary/aromatic N) is 1. The van der Waals surface area contributed by atoms with Crippen molar-refractivity contribution in [3.05, 3.63) is 48.3 Å². The van der Waals surface area contributed by atoms with E-state index in [0.717, 1.165) is 12.8 Å². The van der Waals surface area contributed by atoms with Crippen LogP contribution in [0.3, 0.4) is 0 Å². The summed E-state index contributed by atoms with van der Waals surface area (Å²) in [5.74, 6) is 0.839. The third-order valence-electron chi connectivity index (χ3n) is 4.48. The van der Waals surface area contributed by atoms with Gasteiger partial charge in [0.05, 0.1) is 0 Å². The quantitative estimate of drug-likeness (QED) is 0.750. The van der Waals surface area contributed by atoms with E-state index in [1.165, 1.54) is 25.5 Å². The predicted octanol–water partition coefficient (Wildman–Crippen LogP) is 3.69. The molecular weight excluding hydrogens is 344 g/mol. The predicted molar refractivity (Wildman–Crippen MR) is 103 cm³/mol. The number of urea groups is 1. The number of carbonyl (C=O) groups excluding carboxylic acids is 2. The highest BCUT2D eigenvalue weighted by Crippen LogP contribution is 2.23. The molecule has 7 nitrogen and oxygen atoms in total. The van der Waals surface area contributed by atoms with Gasteiger partial charge in [-0.15, -0.1) is 0 Å². The summed E-state index contributed by atoms with van der Waals surface area (Å²) in [7, 11) is 1.55. The number of hydrogen-bond donors (Lipinski definition) is 3. The molecule has 0 aliphatic heterocycles. The van der Waals surface area contributed by atoms with Gasteiger partial charge >= 0.3 is 6.03 Å². The first-order valence-corrected chi connectivity index (χ1v) is 9.17. The molecule has 3 rings (SSSR count). The summed E-state index contributed by atoms with van der Waals surface area (Å²) in [5.41, 5.74) is 0.976. The lowest BCUT2D eigenvalue weighted by molar-refractivity contribution is 0.0958. The van der Waals surface area contributed by atoms with E-state index in [4.69, 9.17) is 4.74 Å². The van der Waals surface area contributed by atoms with Gasteiger partial charge in [0.2, 0.25) is 0 Å². The molecule has 1 aliphatic rings. The molecule has 7 heteroatoms. The molecule has 2 aromatic rings. The number of carbonyl (C=O) groups is 2. The minimum absolute atomic E-state index is 0.181. The van der Waals surface area contributed by atoms with E-state index in [2.05, 4.69) is 20.9 Å². The second-order valence-corrected chi connectivity index (χ2v) is 6.52. The second-order valence-electron chi connectivity index (χ2n) is 6.52. The summed E-state index contributed by atoms with van der Waals surface area (Å²) in [6, 6.07) is 10.4. The maximum Gasteiger partial charge on any atom is 0.319 e. The molecule has 0 bridgehead atoms. The number of benzene rings is 1. The average Bonchev–Trinajstić information content (AvgIpc) is 2.70.